The Kier molecular flexibility index (Phi) is 4.86. The molecule has 4 aliphatic carbocycles. The second-order valence-corrected chi connectivity index (χ2v) is 11.7. The van der Waals surface area contributed by atoms with E-state index in [0.29, 0.717) is 24.2 Å². The lowest BCUT2D eigenvalue weighted by Crippen LogP contribution is -2.48. The van der Waals surface area contributed by atoms with Crippen LogP contribution in [0, 0.1) is 35.0 Å². The minimum Gasteiger partial charge on any atom is -0.390 e. The van der Waals surface area contributed by atoms with E-state index in [-0.39, 0.29) is 11.3 Å². The van der Waals surface area contributed by atoms with Gasteiger partial charge in [-0.15, -0.1) is 0 Å². The molecule has 0 amide bonds. The molecule has 29 heavy (non-hydrogen) atoms. The first-order valence-electron chi connectivity index (χ1n) is 11.4. The van der Waals surface area contributed by atoms with E-state index in [1.807, 2.05) is 13.1 Å². The van der Waals surface area contributed by atoms with Crippen LogP contribution in [-0.2, 0) is 11.3 Å². The van der Waals surface area contributed by atoms with Gasteiger partial charge in [0.2, 0.25) is 0 Å². The second kappa shape index (κ2) is 7.05. The number of rotatable bonds is 3. The number of halogens is 1. The van der Waals surface area contributed by atoms with E-state index >= 15 is 0 Å². The zero-order valence-electron chi connectivity index (χ0n) is 17.6. The summed E-state index contributed by atoms with van der Waals surface area (Å²) in [6, 6.07) is 0. The molecule has 3 fully saturated rings. The van der Waals surface area contributed by atoms with Crippen molar-refractivity contribution in [2.45, 2.75) is 77.4 Å². The molecule has 1 aromatic rings. The van der Waals surface area contributed by atoms with Gasteiger partial charge in [0.1, 0.15) is 0 Å². The van der Waals surface area contributed by atoms with Crippen molar-refractivity contribution in [3.05, 3.63) is 28.5 Å². The molecular formula is C24H33BrN2O2. The number of carbonyl (C=O) groups excluding carboxylic acids is 1. The average molecular weight is 461 g/mol. The van der Waals surface area contributed by atoms with E-state index in [4.69, 9.17) is 0 Å². The Morgan fingerprint density at radius 1 is 1.24 bits per heavy atom. The fraction of sp³-hybridized carbons (Fsp3) is 0.750. The van der Waals surface area contributed by atoms with Gasteiger partial charge in [0, 0.05) is 12.1 Å². The highest BCUT2D eigenvalue weighted by molar-refractivity contribution is 9.10. The quantitative estimate of drug-likeness (QED) is 0.633. The monoisotopic (exact) mass is 460 g/mol. The van der Waals surface area contributed by atoms with Crippen molar-refractivity contribution < 1.29 is 9.90 Å². The van der Waals surface area contributed by atoms with Crippen molar-refractivity contribution in [2.24, 2.45) is 35.0 Å². The van der Waals surface area contributed by atoms with Crippen LogP contribution in [0.25, 0.3) is 0 Å². The lowest BCUT2D eigenvalue weighted by atomic mass is 9.51. The number of Topliss-reactive ketones (excluding diaryl/α,β-unsaturated/α-hetero) is 1. The predicted octanol–water partition coefficient (Wildman–Crippen LogP) is 5.15. The maximum Gasteiger partial charge on any atom is 0.157 e. The molecule has 0 aromatic carbocycles. The molecule has 1 aromatic heterocycles. The SMILES string of the molecule is C[C@@]1(O)CC[C@H]2C(=CC[C@@H]3[C@@H]2CC[C@]2(C)[C@@H](C(=O)Cn4cc(Br)cn4)CC[C@@H]32)C1. The highest BCUT2D eigenvalue weighted by Gasteiger charge is 2.57. The van der Waals surface area contributed by atoms with Crippen LogP contribution in [0.3, 0.4) is 0 Å². The maximum atomic E-state index is 13.2. The highest BCUT2D eigenvalue weighted by Crippen LogP contribution is 2.63. The summed E-state index contributed by atoms with van der Waals surface area (Å²) in [4.78, 5) is 13.2. The molecule has 0 aliphatic heterocycles. The molecule has 4 nitrogen and oxygen atoms in total. The number of allylic oxidation sites excluding steroid dienone is 1. The van der Waals surface area contributed by atoms with E-state index in [1.54, 1.807) is 10.9 Å². The van der Waals surface area contributed by atoms with Gasteiger partial charge >= 0.3 is 0 Å². The van der Waals surface area contributed by atoms with Gasteiger partial charge in [-0.05, 0) is 103 Å². The van der Waals surface area contributed by atoms with Crippen LogP contribution in [-0.4, -0.2) is 26.3 Å². The van der Waals surface area contributed by atoms with Crippen LogP contribution < -0.4 is 0 Å². The molecule has 5 heteroatoms. The van der Waals surface area contributed by atoms with Gasteiger partial charge in [-0.1, -0.05) is 18.6 Å². The summed E-state index contributed by atoms with van der Waals surface area (Å²) < 4.78 is 2.70. The topological polar surface area (TPSA) is 55.1 Å². The van der Waals surface area contributed by atoms with E-state index in [2.05, 4.69) is 34.0 Å². The summed E-state index contributed by atoms with van der Waals surface area (Å²) in [5.41, 5.74) is 1.17. The van der Waals surface area contributed by atoms with Gasteiger partial charge < -0.3 is 5.11 Å². The molecule has 7 atom stereocenters. The third-order valence-corrected chi connectivity index (χ3v) is 9.43. The molecule has 3 saturated carbocycles. The maximum absolute atomic E-state index is 13.2. The molecule has 1 N–H and O–H groups in total. The number of hydrogen-bond acceptors (Lipinski definition) is 3. The zero-order valence-corrected chi connectivity index (χ0v) is 19.2. The largest absolute Gasteiger partial charge is 0.390 e. The van der Waals surface area contributed by atoms with E-state index in [0.717, 1.165) is 48.4 Å². The summed E-state index contributed by atoms with van der Waals surface area (Å²) >= 11 is 3.43. The van der Waals surface area contributed by atoms with Crippen molar-refractivity contribution in [1.82, 2.24) is 9.78 Å². The van der Waals surface area contributed by atoms with Crippen molar-refractivity contribution in [3.8, 4) is 0 Å². The fourth-order valence-corrected chi connectivity index (χ4v) is 8.02. The molecule has 0 unspecified atom stereocenters. The zero-order chi connectivity index (χ0) is 20.4. The predicted molar refractivity (Wildman–Crippen MR) is 116 cm³/mol. The smallest absolute Gasteiger partial charge is 0.157 e. The van der Waals surface area contributed by atoms with Gasteiger partial charge in [0.25, 0.3) is 0 Å². The van der Waals surface area contributed by atoms with Crippen LogP contribution in [0.15, 0.2) is 28.5 Å². The third-order valence-electron chi connectivity index (χ3n) is 9.02. The van der Waals surface area contributed by atoms with Gasteiger partial charge in [-0.3, -0.25) is 9.48 Å². The van der Waals surface area contributed by atoms with Gasteiger partial charge in [-0.25, -0.2) is 0 Å². The Labute approximate surface area is 182 Å². The lowest BCUT2D eigenvalue weighted by molar-refractivity contribution is -0.129. The van der Waals surface area contributed by atoms with E-state index < -0.39 is 5.60 Å². The summed E-state index contributed by atoms with van der Waals surface area (Å²) in [6.07, 6.45) is 14.9. The number of hydrogen-bond donors (Lipinski definition) is 1. The number of fused-ring (bicyclic) bond motifs is 5. The molecule has 0 saturated heterocycles. The molecule has 0 bridgehead atoms. The number of carbonyl (C=O) groups is 1. The molecule has 0 radical (unpaired) electrons. The van der Waals surface area contributed by atoms with Crippen molar-refractivity contribution >= 4 is 21.7 Å². The first kappa shape index (κ1) is 20.0. The summed E-state index contributed by atoms with van der Waals surface area (Å²) in [5, 5.41) is 14.8. The Morgan fingerprint density at radius 2 is 2.07 bits per heavy atom. The fourth-order valence-electron chi connectivity index (χ4n) is 7.69. The number of aliphatic hydroxyl groups is 1. The van der Waals surface area contributed by atoms with Gasteiger partial charge in [-0.2, -0.15) is 5.10 Å². The number of aromatic nitrogens is 2. The standard InChI is InChI=1S/C24H33BrN2O2/c1-23(29)9-7-17-15(11-23)3-4-19-18(17)8-10-24(2)20(19)5-6-21(24)22(28)14-27-13-16(25)12-26-27/h3,12-13,17-21,29H,4-11,14H2,1-2H3/t17-,18+,19+,20-,21+,23+,24-/m0/s1. The van der Waals surface area contributed by atoms with Gasteiger partial charge in [0.15, 0.2) is 5.78 Å². The van der Waals surface area contributed by atoms with E-state index in [9.17, 15) is 9.90 Å². The Hall–Kier alpha value is -0.940. The van der Waals surface area contributed by atoms with Crippen molar-refractivity contribution in [1.29, 1.82) is 0 Å². The lowest BCUT2D eigenvalue weighted by Gasteiger charge is -2.54. The average Bonchev–Trinajstić information content (AvgIpc) is 3.22. The van der Waals surface area contributed by atoms with Crippen LogP contribution >= 0.6 is 15.9 Å². The molecular weight excluding hydrogens is 428 g/mol. The normalized spacial score (nSPS) is 43.9. The summed E-state index contributed by atoms with van der Waals surface area (Å²) in [5.74, 6) is 3.37. The Bertz CT molecular complexity index is 844. The first-order valence-corrected chi connectivity index (χ1v) is 12.2. The van der Waals surface area contributed by atoms with Crippen LogP contribution in [0.5, 0.6) is 0 Å². The highest BCUT2D eigenvalue weighted by atomic mass is 79.9. The summed E-state index contributed by atoms with van der Waals surface area (Å²) in [6.45, 7) is 4.81. The van der Waals surface area contributed by atoms with Crippen LogP contribution in [0.1, 0.15) is 65.2 Å². The Balaban J connectivity index is 1.34. The van der Waals surface area contributed by atoms with Crippen LogP contribution in [0.2, 0.25) is 0 Å². The minimum atomic E-state index is -0.509. The van der Waals surface area contributed by atoms with Crippen molar-refractivity contribution in [2.75, 3.05) is 0 Å². The molecule has 4 aliphatic rings. The molecule has 158 valence electrons. The number of ketones is 1. The Morgan fingerprint density at radius 3 is 2.83 bits per heavy atom. The van der Waals surface area contributed by atoms with Crippen molar-refractivity contribution in [3.63, 3.8) is 0 Å². The van der Waals surface area contributed by atoms with Crippen LogP contribution in [0.4, 0.5) is 0 Å². The second-order valence-electron chi connectivity index (χ2n) is 10.8. The first-order chi connectivity index (χ1) is 13.8. The minimum absolute atomic E-state index is 0.147. The molecule has 0 spiro atoms. The van der Waals surface area contributed by atoms with Gasteiger partial charge in [0.05, 0.1) is 22.8 Å². The third kappa shape index (κ3) is 3.37. The molecule has 1 heterocycles. The van der Waals surface area contributed by atoms with E-state index in [1.165, 1.54) is 24.8 Å². The molecule has 5 rings (SSSR count). The number of nitrogens with zero attached hydrogens (tertiary/aromatic N) is 2. The summed E-state index contributed by atoms with van der Waals surface area (Å²) in [7, 11) is 0.